The van der Waals surface area contributed by atoms with Gasteiger partial charge in [0.1, 0.15) is 0 Å². The monoisotopic (exact) mass is 368 g/mol. The summed E-state index contributed by atoms with van der Waals surface area (Å²) in [6.07, 6.45) is 0.130. The Labute approximate surface area is 159 Å². The van der Waals surface area contributed by atoms with E-state index in [-0.39, 0.29) is 12.3 Å². The molecule has 1 aliphatic rings. The third-order valence-corrected chi connectivity index (χ3v) is 4.59. The fourth-order valence-electron chi connectivity index (χ4n) is 3.19. The minimum Gasteiger partial charge on any atom is -0.465 e. The predicted molar refractivity (Wildman–Crippen MR) is 103 cm³/mol. The van der Waals surface area contributed by atoms with E-state index in [4.69, 9.17) is 9.47 Å². The van der Waals surface area contributed by atoms with Crippen molar-refractivity contribution in [2.45, 2.75) is 13.0 Å². The van der Waals surface area contributed by atoms with E-state index >= 15 is 0 Å². The van der Waals surface area contributed by atoms with Gasteiger partial charge in [0.2, 0.25) is 5.91 Å². The van der Waals surface area contributed by atoms with Crippen molar-refractivity contribution >= 4 is 17.6 Å². The lowest BCUT2D eigenvalue weighted by Gasteiger charge is -2.30. The average molecular weight is 368 g/mol. The summed E-state index contributed by atoms with van der Waals surface area (Å²) in [7, 11) is 1.34. The molecular weight excluding hydrogens is 344 g/mol. The molecule has 1 saturated heterocycles. The van der Waals surface area contributed by atoms with Gasteiger partial charge in [0, 0.05) is 25.3 Å². The smallest absolute Gasteiger partial charge is 0.338 e. The largest absolute Gasteiger partial charge is 0.465 e. The second-order valence-corrected chi connectivity index (χ2v) is 6.33. The number of rotatable bonds is 6. The van der Waals surface area contributed by atoms with Gasteiger partial charge in [0.25, 0.3) is 0 Å². The number of para-hydroxylation sites is 1. The van der Waals surface area contributed by atoms with Gasteiger partial charge < -0.3 is 19.7 Å². The molecule has 2 aromatic carbocycles. The van der Waals surface area contributed by atoms with Gasteiger partial charge >= 0.3 is 5.97 Å². The van der Waals surface area contributed by atoms with Crippen molar-refractivity contribution in [3.05, 3.63) is 65.2 Å². The minimum atomic E-state index is -0.434. The molecule has 6 nitrogen and oxygen atoms in total. The number of morpholine rings is 1. The molecule has 1 amide bonds. The maximum atomic E-state index is 12.4. The number of anilines is 1. The van der Waals surface area contributed by atoms with Crippen LogP contribution in [0.3, 0.4) is 0 Å². The summed E-state index contributed by atoms with van der Waals surface area (Å²) in [5.74, 6) is -0.570. The van der Waals surface area contributed by atoms with Crippen LogP contribution >= 0.6 is 0 Å². The number of benzene rings is 2. The zero-order valence-corrected chi connectivity index (χ0v) is 15.4. The fourth-order valence-corrected chi connectivity index (χ4v) is 3.19. The normalized spacial score (nSPS) is 13.9. The van der Waals surface area contributed by atoms with Gasteiger partial charge in [0.15, 0.2) is 0 Å². The summed E-state index contributed by atoms with van der Waals surface area (Å²) in [4.78, 5) is 26.6. The van der Waals surface area contributed by atoms with E-state index in [1.54, 1.807) is 18.2 Å². The van der Waals surface area contributed by atoms with Gasteiger partial charge in [-0.25, -0.2) is 4.79 Å². The summed E-state index contributed by atoms with van der Waals surface area (Å²) in [6.45, 7) is 3.55. The van der Waals surface area contributed by atoms with Crippen molar-refractivity contribution in [2.24, 2.45) is 0 Å². The minimum absolute atomic E-state index is 0.130. The number of amides is 1. The van der Waals surface area contributed by atoms with E-state index in [0.29, 0.717) is 30.9 Å². The number of hydrogen-bond acceptors (Lipinski definition) is 5. The van der Waals surface area contributed by atoms with Crippen LogP contribution in [0.1, 0.15) is 21.5 Å². The molecule has 0 bridgehead atoms. The molecule has 6 heteroatoms. The van der Waals surface area contributed by atoms with Crippen molar-refractivity contribution in [1.29, 1.82) is 0 Å². The molecule has 3 rings (SSSR count). The first-order valence-corrected chi connectivity index (χ1v) is 9.02. The average Bonchev–Trinajstić information content (AvgIpc) is 2.73. The first kappa shape index (κ1) is 18.9. The van der Waals surface area contributed by atoms with Crippen LogP contribution in [-0.2, 0) is 27.2 Å². The van der Waals surface area contributed by atoms with E-state index < -0.39 is 5.97 Å². The Bertz CT molecular complexity index is 800. The second-order valence-electron chi connectivity index (χ2n) is 6.33. The van der Waals surface area contributed by atoms with E-state index in [1.165, 1.54) is 7.11 Å². The molecule has 142 valence electrons. The van der Waals surface area contributed by atoms with Crippen molar-refractivity contribution in [2.75, 3.05) is 38.3 Å². The van der Waals surface area contributed by atoms with Crippen molar-refractivity contribution in [3.63, 3.8) is 0 Å². The van der Waals surface area contributed by atoms with E-state index in [1.807, 2.05) is 24.3 Å². The maximum absolute atomic E-state index is 12.4. The van der Waals surface area contributed by atoms with Crippen LogP contribution in [-0.4, -0.2) is 45.3 Å². The first-order valence-electron chi connectivity index (χ1n) is 9.02. The molecule has 0 atom stereocenters. The fraction of sp³-hybridized carbons (Fsp3) is 0.333. The number of ether oxygens (including phenoxy) is 2. The summed E-state index contributed by atoms with van der Waals surface area (Å²) in [6, 6.07) is 15.1. The lowest BCUT2D eigenvalue weighted by molar-refractivity contribution is -0.120. The van der Waals surface area contributed by atoms with Crippen LogP contribution in [0.4, 0.5) is 5.69 Å². The second kappa shape index (κ2) is 9.19. The van der Waals surface area contributed by atoms with Crippen molar-refractivity contribution in [1.82, 2.24) is 5.32 Å². The van der Waals surface area contributed by atoms with Crippen LogP contribution in [0.25, 0.3) is 0 Å². The van der Waals surface area contributed by atoms with Gasteiger partial charge in [-0.05, 0) is 23.3 Å². The number of carbonyl (C=O) groups is 2. The number of nitrogens with zero attached hydrogens (tertiary/aromatic N) is 1. The molecule has 1 fully saturated rings. The Morgan fingerprint density at radius 2 is 1.70 bits per heavy atom. The zero-order chi connectivity index (χ0) is 19.1. The van der Waals surface area contributed by atoms with Crippen LogP contribution in [0.2, 0.25) is 0 Å². The Hall–Kier alpha value is -2.86. The number of carbonyl (C=O) groups excluding carboxylic acids is 2. The van der Waals surface area contributed by atoms with Crippen LogP contribution in [0.15, 0.2) is 48.5 Å². The highest BCUT2D eigenvalue weighted by atomic mass is 16.5. The van der Waals surface area contributed by atoms with E-state index in [2.05, 4.69) is 16.3 Å². The molecule has 1 heterocycles. The summed E-state index contributed by atoms with van der Waals surface area (Å²) in [5, 5.41) is 2.96. The van der Waals surface area contributed by atoms with Crippen LogP contribution in [0.5, 0.6) is 0 Å². The Balaban J connectivity index is 1.64. The lowest BCUT2D eigenvalue weighted by Crippen LogP contribution is -2.37. The zero-order valence-electron chi connectivity index (χ0n) is 15.4. The van der Waals surface area contributed by atoms with Crippen LogP contribution in [0, 0.1) is 0 Å². The third-order valence-electron chi connectivity index (χ3n) is 4.59. The highest BCUT2D eigenvalue weighted by molar-refractivity contribution is 5.93. The highest BCUT2D eigenvalue weighted by Crippen LogP contribution is 2.21. The van der Waals surface area contributed by atoms with Gasteiger partial charge in [0.05, 0.1) is 32.3 Å². The standard InChI is InChI=1S/C21H24N2O4/c1-26-21(25)18-8-4-2-6-16(18)14-20(24)22-15-17-7-3-5-9-19(17)23-10-12-27-13-11-23/h2-9H,10-15H2,1H3,(H,22,24). The number of nitrogens with one attached hydrogen (secondary N) is 1. The quantitative estimate of drug-likeness (QED) is 0.792. The molecule has 1 aliphatic heterocycles. The molecule has 0 aromatic heterocycles. The molecule has 2 aromatic rings. The van der Waals surface area contributed by atoms with Gasteiger partial charge in [-0.2, -0.15) is 0 Å². The van der Waals surface area contributed by atoms with Gasteiger partial charge in [-0.15, -0.1) is 0 Å². The van der Waals surface area contributed by atoms with Crippen molar-refractivity contribution in [3.8, 4) is 0 Å². The molecule has 1 N–H and O–H groups in total. The molecule has 0 aliphatic carbocycles. The van der Waals surface area contributed by atoms with Crippen LogP contribution < -0.4 is 10.2 Å². The molecular formula is C21H24N2O4. The highest BCUT2D eigenvalue weighted by Gasteiger charge is 2.16. The summed E-state index contributed by atoms with van der Waals surface area (Å²) >= 11 is 0. The molecule has 27 heavy (non-hydrogen) atoms. The molecule has 0 saturated carbocycles. The molecule has 0 spiro atoms. The summed E-state index contributed by atoms with van der Waals surface area (Å²) < 4.78 is 10.2. The topological polar surface area (TPSA) is 67.9 Å². The number of esters is 1. The predicted octanol–water partition coefficient (Wildman–Crippen LogP) is 2.17. The summed E-state index contributed by atoms with van der Waals surface area (Å²) in [5.41, 5.74) is 3.26. The Morgan fingerprint density at radius 3 is 2.44 bits per heavy atom. The number of hydrogen-bond donors (Lipinski definition) is 1. The SMILES string of the molecule is COC(=O)c1ccccc1CC(=O)NCc1ccccc1N1CCOCC1. The maximum Gasteiger partial charge on any atom is 0.338 e. The molecule has 0 unspecified atom stereocenters. The number of methoxy groups -OCH3 is 1. The third kappa shape index (κ3) is 4.86. The van der Waals surface area contributed by atoms with Crippen molar-refractivity contribution < 1.29 is 19.1 Å². The lowest BCUT2D eigenvalue weighted by atomic mass is 10.0. The van der Waals surface area contributed by atoms with E-state index in [9.17, 15) is 9.59 Å². The Morgan fingerprint density at radius 1 is 1.04 bits per heavy atom. The first-order chi connectivity index (χ1) is 13.2. The Kier molecular flexibility index (Phi) is 6.44. The van der Waals surface area contributed by atoms with E-state index in [0.717, 1.165) is 24.3 Å². The molecule has 0 radical (unpaired) electrons. The van der Waals surface area contributed by atoms with Gasteiger partial charge in [-0.1, -0.05) is 36.4 Å². The van der Waals surface area contributed by atoms with Gasteiger partial charge in [-0.3, -0.25) is 4.79 Å².